The molecular weight excluding hydrogens is 179 g/mol. The van der Waals surface area contributed by atoms with Crippen molar-refractivity contribution in [1.82, 2.24) is 0 Å². The van der Waals surface area contributed by atoms with Gasteiger partial charge in [0.2, 0.25) is 0 Å². The van der Waals surface area contributed by atoms with Crippen LogP contribution in [0.15, 0.2) is 18.2 Å². The summed E-state index contributed by atoms with van der Waals surface area (Å²) in [4.78, 5) is 0. The molecule has 14 heavy (non-hydrogen) atoms. The number of hydrogen-bond acceptors (Lipinski definition) is 2. The predicted octanol–water partition coefficient (Wildman–Crippen LogP) is 2.28. The maximum absolute atomic E-state index is 13.4. The van der Waals surface area contributed by atoms with Gasteiger partial charge in [-0.2, -0.15) is 0 Å². The molecule has 0 aliphatic carbocycles. The topological polar surface area (TPSA) is 38.0 Å². The molecule has 1 rings (SSSR count). The molecule has 1 aromatic carbocycles. The van der Waals surface area contributed by atoms with Crippen molar-refractivity contribution in [1.29, 1.82) is 0 Å². The first-order chi connectivity index (χ1) is 6.50. The maximum atomic E-state index is 13.4. The molecule has 0 aliphatic heterocycles. The zero-order valence-corrected chi connectivity index (χ0v) is 8.84. The van der Waals surface area contributed by atoms with E-state index >= 15 is 0 Å². The van der Waals surface area contributed by atoms with Crippen LogP contribution in [0.5, 0.6) is 0 Å². The minimum absolute atomic E-state index is 0.00398. The molecular formula is C11H17FN2. The molecule has 2 nitrogen and oxygen atoms in total. The Bertz CT molecular complexity index is 310. The number of anilines is 1. The van der Waals surface area contributed by atoms with Crippen molar-refractivity contribution in [3.63, 3.8) is 0 Å². The average Bonchev–Trinajstić information content (AvgIpc) is 2.09. The third-order valence-electron chi connectivity index (χ3n) is 2.30. The summed E-state index contributed by atoms with van der Waals surface area (Å²) < 4.78 is 13.4. The van der Waals surface area contributed by atoms with Gasteiger partial charge in [0.15, 0.2) is 0 Å². The summed E-state index contributed by atoms with van der Waals surface area (Å²) in [5, 5.41) is 3.04. The van der Waals surface area contributed by atoms with Gasteiger partial charge in [-0.25, -0.2) is 4.39 Å². The smallest absolute Gasteiger partial charge is 0.146 e. The van der Waals surface area contributed by atoms with Crippen molar-refractivity contribution in [2.45, 2.75) is 32.9 Å². The summed E-state index contributed by atoms with van der Waals surface area (Å²) in [6, 6.07) is 5.18. The van der Waals surface area contributed by atoms with Crippen LogP contribution in [0.2, 0.25) is 0 Å². The number of halogens is 1. The molecule has 0 bridgehead atoms. The van der Waals surface area contributed by atoms with Crippen molar-refractivity contribution in [3.05, 3.63) is 29.6 Å². The molecule has 0 heterocycles. The van der Waals surface area contributed by atoms with Crippen LogP contribution < -0.4 is 11.1 Å². The molecule has 0 saturated heterocycles. The number of nitrogens with two attached hydrogens (primary N) is 1. The Hall–Kier alpha value is -1.09. The van der Waals surface area contributed by atoms with E-state index in [4.69, 9.17) is 5.73 Å². The molecule has 3 N–H and O–H groups in total. The van der Waals surface area contributed by atoms with E-state index in [-0.39, 0.29) is 17.9 Å². The number of nitrogens with one attached hydrogen (secondary N) is 1. The quantitative estimate of drug-likeness (QED) is 0.778. The Kier molecular flexibility index (Phi) is 3.47. The zero-order chi connectivity index (χ0) is 10.7. The lowest BCUT2D eigenvalue weighted by atomic mass is 10.1. The van der Waals surface area contributed by atoms with Crippen LogP contribution in [0.3, 0.4) is 0 Å². The van der Waals surface area contributed by atoms with Gasteiger partial charge in [0.05, 0.1) is 5.69 Å². The van der Waals surface area contributed by atoms with Gasteiger partial charge < -0.3 is 11.1 Å². The first kappa shape index (κ1) is 11.0. The van der Waals surface area contributed by atoms with E-state index in [1.54, 1.807) is 6.07 Å². The van der Waals surface area contributed by atoms with Crippen molar-refractivity contribution in [2.24, 2.45) is 5.73 Å². The molecule has 0 amide bonds. The van der Waals surface area contributed by atoms with Crippen LogP contribution in [-0.2, 0) is 0 Å². The fourth-order valence-corrected chi connectivity index (χ4v) is 1.11. The first-order valence-corrected chi connectivity index (χ1v) is 4.79. The van der Waals surface area contributed by atoms with E-state index in [9.17, 15) is 4.39 Å². The molecule has 0 spiro atoms. The highest BCUT2D eigenvalue weighted by atomic mass is 19.1. The van der Waals surface area contributed by atoms with E-state index in [1.807, 2.05) is 26.8 Å². The van der Waals surface area contributed by atoms with E-state index in [1.165, 1.54) is 6.07 Å². The Morgan fingerprint density at radius 3 is 2.50 bits per heavy atom. The van der Waals surface area contributed by atoms with Gasteiger partial charge in [-0.3, -0.25) is 0 Å². The van der Waals surface area contributed by atoms with Crippen molar-refractivity contribution in [3.8, 4) is 0 Å². The summed E-state index contributed by atoms with van der Waals surface area (Å²) in [7, 11) is 0. The standard InChI is InChI=1S/C11H17FN2/c1-7-4-5-11(10(12)6-7)14-9(3)8(2)13/h4-6,8-9,14H,13H2,1-3H3. The summed E-state index contributed by atoms with van der Waals surface area (Å²) in [5.41, 5.74) is 7.11. The molecule has 0 radical (unpaired) electrons. The third kappa shape index (κ3) is 2.70. The summed E-state index contributed by atoms with van der Waals surface area (Å²) in [6.07, 6.45) is 0. The Labute approximate surface area is 84.3 Å². The zero-order valence-electron chi connectivity index (χ0n) is 8.84. The van der Waals surface area contributed by atoms with E-state index in [2.05, 4.69) is 5.32 Å². The number of aryl methyl sites for hydroxylation is 1. The van der Waals surface area contributed by atoms with Crippen molar-refractivity contribution < 1.29 is 4.39 Å². The van der Waals surface area contributed by atoms with Gasteiger partial charge in [0.25, 0.3) is 0 Å². The first-order valence-electron chi connectivity index (χ1n) is 4.79. The van der Waals surface area contributed by atoms with Crippen LogP contribution >= 0.6 is 0 Å². The molecule has 3 heteroatoms. The number of benzene rings is 1. The summed E-state index contributed by atoms with van der Waals surface area (Å²) in [5.74, 6) is -0.225. The van der Waals surface area contributed by atoms with Crippen LogP contribution in [-0.4, -0.2) is 12.1 Å². The Morgan fingerprint density at radius 1 is 1.36 bits per heavy atom. The van der Waals surface area contributed by atoms with Crippen LogP contribution in [0.25, 0.3) is 0 Å². The van der Waals surface area contributed by atoms with Crippen molar-refractivity contribution >= 4 is 5.69 Å². The molecule has 0 aliphatic rings. The molecule has 0 fully saturated rings. The lowest BCUT2D eigenvalue weighted by Crippen LogP contribution is -2.35. The van der Waals surface area contributed by atoms with Gasteiger partial charge in [0, 0.05) is 12.1 Å². The van der Waals surface area contributed by atoms with Crippen LogP contribution in [0.4, 0.5) is 10.1 Å². The van der Waals surface area contributed by atoms with Gasteiger partial charge in [-0.1, -0.05) is 6.07 Å². The second kappa shape index (κ2) is 4.42. The van der Waals surface area contributed by atoms with E-state index in [0.717, 1.165) is 5.56 Å². The Balaban J connectivity index is 2.77. The largest absolute Gasteiger partial charge is 0.379 e. The number of rotatable bonds is 3. The SMILES string of the molecule is Cc1ccc(NC(C)C(C)N)c(F)c1. The highest BCUT2D eigenvalue weighted by molar-refractivity contribution is 5.47. The monoisotopic (exact) mass is 196 g/mol. The van der Waals surface area contributed by atoms with E-state index in [0.29, 0.717) is 5.69 Å². The fourth-order valence-electron chi connectivity index (χ4n) is 1.11. The molecule has 78 valence electrons. The minimum atomic E-state index is -0.225. The van der Waals surface area contributed by atoms with Gasteiger partial charge >= 0.3 is 0 Å². The summed E-state index contributed by atoms with van der Waals surface area (Å²) >= 11 is 0. The third-order valence-corrected chi connectivity index (χ3v) is 2.30. The Morgan fingerprint density at radius 2 is 2.00 bits per heavy atom. The fraction of sp³-hybridized carbons (Fsp3) is 0.455. The average molecular weight is 196 g/mol. The molecule has 1 aromatic rings. The normalized spacial score (nSPS) is 14.9. The lowest BCUT2D eigenvalue weighted by molar-refractivity contribution is 0.607. The molecule has 0 aromatic heterocycles. The minimum Gasteiger partial charge on any atom is -0.379 e. The second-order valence-corrected chi connectivity index (χ2v) is 3.78. The van der Waals surface area contributed by atoms with Gasteiger partial charge in [-0.05, 0) is 38.5 Å². The second-order valence-electron chi connectivity index (χ2n) is 3.78. The van der Waals surface area contributed by atoms with Crippen molar-refractivity contribution in [2.75, 3.05) is 5.32 Å². The molecule has 2 unspecified atom stereocenters. The van der Waals surface area contributed by atoms with Gasteiger partial charge in [0.1, 0.15) is 5.82 Å². The maximum Gasteiger partial charge on any atom is 0.146 e. The molecule has 2 atom stereocenters. The van der Waals surface area contributed by atoms with E-state index < -0.39 is 0 Å². The highest BCUT2D eigenvalue weighted by Gasteiger charge is 2.09. The highest BCUT2D eigenvalue weighted by Crippen LogP contribution is 2.16. The van der Waals surface area contributed by atoms with Gasteiger partial charge in [-0.15, -0.1) is 0 Å². The van der Waals surface area contributed by atoms with Crippen LogP contribution in [0, 0.1) is 12.7 Å². The summed E-state index contributed by atoms with van der Waals surface area (Å²) in [6.45, 7) is 5.69. The predicted molar refractivity (Wildman–Crippen MR) is 57.9 cm³/mol. The lowest BCUT2D eigenvalue weighted by Gasteiger charge is -2.19. The number of hydrogen-bond donors (Lipinski definition) is 2. The molecule has 0 saturated carbocycles. The van der Waals surface area contributed by atoms with Crippen LogP contribution in [0.1, 0.15) is 19.4 Å².